The first kappa shape index (κ1) is 19.4. The molecule has 0 spiro atoms. The Hall–Kier alpha value is -1.96. The third-order valence-electron chi connectivity index (χ3n) is 4.17. The molecular weight excluding hydrogens is 443 g/mol. The highest BCUT2D eigenvalue weighted by Crippen LogP contribution is 2.37. The van der Waals surface area contributed by atoms with Gasteiger partial charge in [-0.1, -0.05) is 46.9 Å². The Balaban J connectivity index is 1.66. The molecule has 5 nitrogen and oxygen atoms in total. The number of fused-ring (bicyclic) bond motifs is 1. The van der Waals surface area contributed by atoms with Crippen LogP contribution in [0.4, 0.5) is 5.69 Å². The Morgan fingerprint density at radius 1 is 0.857 bits per heavy atom. The lowest BCUT2D eigenvalue weighted by Gasteiger charge is -2.22. The van der Waals surface area contributed by atoms with Crippen molar-refractivity contribution < 1.29 is 13.2 Å². The monoisotopic (exact) mass is 454 g/mol. The molecule has 0 saturated carbocycles. The van der Waals surface area contributed by atoms with Gasteiger partial charge in [-0.25, -0.2) is 0 Å². The van der Waals surface area contributed by atoms with Crippen molar-refractivity contribution in [3.63, 3.8) is 0 Å². The maximum atomic E-state index is 11.9. The van der Waals surface area contributed by atoms with Crippen LogP contribution in [0.3, 0.4) is 0 Å². The summed E-state index contributed by atoms with van der Waals surface area (Å²) in [5, 5.41) is 1.38. The molecule has 0 aromatic heterocycles. The topological polar surface area (TPSA) is 67.4 Å². The maximum absolute atomic E-state index is 11.9. The average Bonchev–Trinajstić information content (AvgIpc) is 2.65. The van der Waals surface area contributed by atoms with Crippen LogP contribution in [0.5, 0.6) is 11.5 Å². The molecule has 9 heteroatoms. The summed E-state index contributed by atoms with van der Waals surface area (Å²) in [6.07, 6.45) is 0. The van der Waals surface area contributed by atoms with Crippen molar-refractivity contribution in [1.29, 1.82) is 0 Å². The lowest BCUT2D eigenvalue weighted by Crippen LogP contribution is -2.34. The number of benzene rings is 3. The third kappa shape index (κ3) is 4.06. The number of rotatable bonds is 3. The molecule has 0 atom stereocenters. The van der Waals surface area contributed by atoms with E-state index in [0.717, 1.165) is 11.1 Å². The lowest BCUT2D eigenvalue weighted by molar-refractivity contribution is 0.483. The fourth-order valence-corrected chi connectivity index (χ4v) is 4.33. The average molecular weight is 456 g/mol. The number of hydrogen-bond acceptors (Lipinski definition) is 3. The van der Waals surface area contributed by atoms with Gasteiger partial charge >= 0.3 is 0 Å². The molecule has 1 heterocycles. The van der Waals surface area contributed by atoms with Crippen molar-refractivity contribution in [2.45, 2.75) is 6.54 Å². The van der Waals surface area contributed by atoms with Crippen molar-refractivity contribution in [3.8, 4) is 22.6 Å². The minimum atomic E-state index is -3.59. The van der Waals surface area contributed by atoms with E-state index in [9.17, 15) is 8.42 Å². The summed E-state index contributed by atoms with van der Waals surface area (Å²) < 4.78 is 34.5. The first-order valence-corrected chi connectivity index (χ1v) is 10.8. The Kier molecular flexibility index (Phi) is 5.16. The van der Waals surface area contributed by atoms with Crippen molar-refractivity contribution in [1.82, 2.24) is 4.72 Å². The second-order valence-electron chi connectivity index (χ2n) is 6.12. The molecular formula is C19H13Cl3N2O3S. The van der Waals surface area contributed by atoms with E-state index in [2.05, 4.69) is 9.44 Å². The van der Waals surface area contributed by atoms with Gasteiger partial charge in [0.25, 0.3) is 10.2 Å². The van der Waals surface area contributed by atoms with Crippen LogP contribution in [0.1, 0.15) is 5.56 Å². The summed E-state index contributed by atoms with van der Waals surface area (Å²) >= 11 is 18.1. The molecule has 28 heavy (non-hydrogen) atoms. The molecule has 0 bridgehead atoms. The van der Waals surface area contributed by atoms with Crippen LogP contribution in [0, 0.1) is 0 Å². The van der Waals surface area contributed by atoms with Crippen LogP contribution in [0.25, 0.3) is 11.1 Å². The van der Waals surface area contributed by atoms with Crippen LogP contribution < -0.4 is 14.2 Å². The highest BCUT2D eigenvalue weighted by molar-refractivity contribution is 7.90. The van der Waals surface area contributed by atoms with E-state index >= 15 is 0 Å². The van der Waals surface area contributed by atoms with Gasteiger partial charge in [-0.05, 0) is 47.5 Å². The van der Waals surface area contributed by atoms with Crippen LogP contribution in [-0.2, 0) is 16.8 Å². The minimum absolute atomic E-state index is 0.177. The van der Waals surface area contributed by atoms with Gasteiger partial charge in [-0.15, -0.1) is 0 Å². The highest BCUT2D eigenvalue weighted by atomic mass is 35.5. The van der Waals surface area contributed by atoms with Gasteiger partial charge in [0, 0.05) is 23.2 Å². The zero-order valence-corrected chi connectivity index (χ0v) is 17.3. The van der Waals surface area contributed by atoms with Crippen molar-refractivity contribution in [2.24, 2.45) is 0 Å². The number of nitrogens with one attached hydrogen (secondary N) is 2. The molecule has 2 N–H and O–H groups in total. The van der Waals surface area contributed by atoms with Crippen LogP contribution in [-0.4, -0.2) is 8.42 Å². The molecule has 0 fully saturated rings. The second-order valence-corrected chi connectivity index (χ2v) is 8.87. The zero-order valence-electron chi connectivity index (χ0n) is 14.2. The summed E-state index contributed by atoms with van der Waals surface area (Å²) in [7, 11) is -3.59. The van der Waals surface area contributed by atoms with Gasteiger partial charge in [0.1, 0.15) is 11.5 Å². The molecule has 1 aliphatic rings. The molecule has 0 aliphatic carbocycles. The quantitative estimate of drug-likeness (QED) is 0.519. The molecule has 144 valence electrons. The molecule has 0 amide bonds. The predicted octanol–water partition coefficient (Wildman–Crippen LogP) is 5.87. The van der Waals surface area contributed by atoms with Gasteiger partial charge < -0.3 is 4.74 Å². The molecule has 1 aliphatic heterocycles. The molecule has 0 radical (unpaired) electrons. The summed E-state index contributed by atoms with van der Waals surface area (Å²) in [5.74, 6) is 1.15. The van der Waals surface area contributed by atoms with E-state index in [4.69, 9.17) is 39.5 Å². The van der Waals surface area contributed by atoms with E-state index in [1.165, 1.54) is 0 Å². The standard InChI is InChI=1S/C19H13Cl3N2O3S/c20-13-7-12-10-23-28(25,26)24-19(12)16(8-13)11-1-3-14(4-2-11)27-15-5-6-17(21)18(22)9-15/h1-9,23-24H,10H2. The van der Waals surface area contributed by atoms with Gasteiger partial charge in [0.2, 0.25) is 0 Å². The molecule has 3 aromatic rings. The molecule has 3 aromatic carbocycles. The van der Waals surface area contributed by atoms with Crippen molar-refractivity contribution in [2.75, 3.05) is 4.72 Å². The molecule has 0 unspecified atom stereocenters. The SMILES string of the molecule is O=S1(=O)NCc2cc(Cl)cc(-c3ccc(Oc4ccc(Cl)c(Cl)c4)cc3)c2N1. The van der Waals surface area contributed by atoms with Gasteiger partial charge in [0.15, 0.2) is 0 Å². The van der Waals surface area contributed by atoms with Gasteiger partial charge in [0.05, 0.1) is 15.7 Å². The van der Waals surface area contributed by atoms with E-state index in [-0.39, 0.29) is 6.54 Å². The van der Waals surface area contributed by atoms with Crippen LogP contribution in [0.15, 0.2) is 54.6 Å². The smallest absolute Gasteiger partial charge is 0.299 e. The van der Waals surface area contributed by atoms with Crippen LogP contribution in [0.2, 0.25) is 15.1 Å². The summed E-state index contributed by atoms with van der Waals surface area (Å²) in [6, 6.07) is 15.7. The molecule has 4 rings (SSSR count). The first-order chi connectivity index (χ1) is 13.3. The van der Waals surface area contributed by atoms with Crippen LogP contribution >= 0.6 is 34.8 Å². The van der Waals surface area contributed by atoms with Gasteiger partial charge in [-0.2, -0.15) is 13.1 Å². The first-order valence-electron chi connectivity index (χ1n) is 8.14. The normalized spacial score (nSPS) is 14.8. The van der Waals surface area contributed by atoms with E-state index in [1.807, 2.05) is 12.1 Å². The predicted molar refractivity (Wildman–Crippen MR) is 113 cm³/mol. The van der Waals surface area contributed by atoms with Gasteiger partial charge in [-0.3, -0.25) is 4.72 Å². The number of halogens is 3. The third-order valence-corrected chi connectivity index (χ3v) is 6.12. The Bertz CT molecular complexity index is 1170. The Morgan fingerprint density at radius 3 is 2.29 bits per heavy atom. The highest BCUT2D eigenvalue weighted by Gasteiger charge is 2.23. The van der Waals surface area contributed by atoms with E-state index in [0.29, 0.717) is 37.8 Å². The van der Waals surface area contributed by atoms with E-state index in [1.54, 1.807) is 42.5 Å². The van der Waals surface area contributed by atoms with Crippen molar-refractivity contribution >= 4 is 50.7 Å². The Labute approximate surface area is 177 Å². The fourth-order valence-electron chi connectivity index (χ4n) is 2.87. The fraction of sp³-hybridized carbons (Fsp3) is 0.0526. The zero-order chi connectivity index (χ0) is 19.9. The second kappa shape index (κ2) is 7.46. The molecule has 0 saturated heterocycles. The van der Waals surface area contributed by atoms with E-state index < -0.39 is 10.2 Å². The number of hydrogen-bond donors (Lipinski definition) is 2. The number of ether oxygens (including phenoxy) is 1. The number of anilines is 1. The maximum Gasteiger partial charge on any atom is 0.299 e. The largest absolute Gasteiger partial charge is 0.457 e. The summed E-state index contributed by atoms with van der Waals surface area (Å²) in [4.78, 5) is 0. The summed E-state index contributed by atoms with van der Waals surface area (Å²) in [6.45, 7) is 0.177. The summed E-state index contributed by atoms with van der Waals surface area (Å²) in [5.41, 5.74) is 2.77. The van der Waals surface area contributed by atoms with Crippen molar-refractivity contribution in [3.05, 3.63) is 75.2 Å². The minimum Gasteiger partial charge on any atom is -0.457 e. The lowest BCUT2D eigenvalue weighted by atomic mass is 10.00. The Morgan fingerprint density at radius 2 is 1.57 bits per heavy atom.